The minimum Gasteiger partial charge on any atom is -0.339 e. The molecule has 7 nitrogen and oxygen atoms in total. The van der Waals surface area contributed by atoms with E-state index >= 15 is 0 Å². The molecule has 3 amide bonds. The number of amides is 3. The first-order chi connectivity index (χ1) is 9.47. The van der Waals surface area contributed by atoms with Crippen LogP contribution in [0.4, 0.5) is 0 Å². The SMILES string of the molecule is CC(C)c1cnc(C(=O)NC2CCC(=O)NC2=O)cn1. The van der Waals surface area contributed by atoms with Gasteiger partial charge in [0, 0.05) is 12.6 Å². The van der Waals surface area contributed by atoms with Crippen LogP contribution < -0.4 is 10.6 Å². The normalized spacial score (nSPS) is 18.9. The van der Waals surface area contributed by atoms with Crippen LogP contribution in [0.1, 0.15) is 48.8 Å². The Morgan fingerprint density at radius 1 is 1.35 bits per heavy atom. The lowest BCUT2D eigenvalue weighted by molar-refractivity contribution is -0.134. The molecule has 0 aliphatic carbocycles. The Morgan fingerprint density at radius 3 is 2.65 bits per heavy atom. The van der Waals surface area contributed by atoms with Crippen molar-refractivity contribution in [1.29, 1.82) is 0 Å². The van der Waals surface area contributed by atoms with E-state index in [9.17, 15) is 14.4 Å². The lowest BCUT2D eigenvalue weighted by Crippen LogP contribution is -2.52. The first-order valence-electron chi connectivity index (χ1n) is 6.44. The summed E-state index contributed by atoms with van der Waals surface area (Å²) >= 11 is 0. The van der Waals surface area contributed by atoms with E-state index in [4.69, 9.17) is 0 Å². The molecule has 1 aliphatic heterocycles. The fourth-order valence-electron chi connectivity index (χ4n) is 1.82. The van der Waals surface area contributed by atoms with Crippen molar-refractivity contribution in [3.8, 4) is 0 Å². The maximum Gasteiger partial charge on any atom is 0.272 e. The fourth-order valence-corrected chi connectivity index (χ4v) is 1.82. The molecule has 0 aromatic carbocycles. The summed E-state index contributed by atoms with van der Waals surface area (Å²) in [5.74, 6) is -1.04. The number of carbonyl (C=O) groups excluding carboxylic acids is 3. The average Bonchev–Trinajstić information content (AvgIpc) is 2.42. The molecule has 7 heteroatoms. The number of hydrogen-bond acceptors (Lipinski definition) is 5. The molecule has 0 radical (unpaired) electrons. The van der Waals surface area contributed by atoms with Crippen molar-refractivity contribution < 1.29 is 14.4 Å². The molecular formula is C13H16N4O3. The highest BCUT2D eigenvalue weighted by Crippen LogP contribution is 2.10. The zero-order valence-corrected chi connectivity index (χ0v) is 11.3. The van der Waals surface area contributed by atoms with Gasteiger partial charge in [0.15, 0.2) is 0 Å². The van der Waals surface area contributed by atoms with E-state index in [2.05, 4.69) is 20.6 Å². The van der Waals surface area contributed by atoms with Crippen molar-refractivity contribution in [2.45, 2.75) is 38.6 Å². The quantitative estimate of drug-likeness (QED) is 0.764. The van der Waals surface area contributed by atoms with Crippen LogP contribution in [0, 0.1) is 0 Å². The summed E-state index contributed by atoms with van der Waals surface area (Å²) in [6.45, 7) is 3.96. The molecule has 1 saturated heterocycles. The van der Waals surface area contributed by atoms with Gasteiger partial charge >= 0.3 is 0 Å². The monoisotopic (exact) mass is 276 g/mol. The van der Waals surface area contributed by atoms with E-state index in [1.807, 2.05) is 13.8 Å². The Morgan fingerprint density at radius 2 is 2.10 bits per heavy atom. The number of imide groups is 1. The van der Waals surface area contributed by atoms with Gasteiger partial charge in [-0.1, -0.05) is 13.8 Å². The molecule has 1 unspecified atom stereocenters. The molecule has 0 spiro atoms. The molecular weight excluding hydrogens is 260 g/mol. The molecule has 2 rings (SSSR count). The molecule has 1 atom stereocenters. The Hall–Kier alpha value is -2.31. The van der Waals surface area contributed by atoms with Crippen LogP contribution in [-0.2, 0) is 9.59 Å². The van der Waals surface area contributed by atoms with Crippen LogP contribution in [0.5, 0.6) is 0 Å². The molecule has 1 fully saturated rings. The number of hydrogen-bond donors (Lipinski definition) is 2. The zero-order valence-electron chi connectivity index (χ0n) is 11.3. The van der Waals surface area contributed by atoms with E-state index in [-0.39, 0.29) is 23.9 Å². The first-order valence-corrected chi connectivity index (χ1v) is 6.44. The maximum absolute atomic E-state index is 11.9. The van der Waals surface area contributed by atoms with E-state index in [0.29, 0.717) is 6.42 Å². The van der Waals surface area contributed by atoms with Crippen LogP contribution >= 0.6 is 0 Å². The summed E-state index contributed by atoms with van der Waals surface area (Å²) in [7, 11) is 0. The van der Waals surface area contributed by atoms with Crippen LogP contribution in [0.15, 0.2) is 12.4 Å². The van der Waals surface area contributed by atoms with Crippen molar-refractivity contribution in [1.82, 2.24) is 20.6 Å². The standard InChI is InChI=1S/C13H16N4O3/c1-7(2)9-5-15-10(6-14-9)13(20)16-8-3-4-11(18)17-12(8)19/h5-8H,3-4H2,1-2H3,(H,16,20)(H,17,18,19). The molecule has 1 aliphatic rings. The third-order valence-electron chi connectivity index (χ3n) is 3.04. The van der Waals surface area contributed by atoms with Gasteiger partial charge in [0.2, 0.25) is 11.8 Å². The summed E-state index contributed by atoms with van der Waals surface area (Å²) in [6.07, 6.45) is 3.45. The Balaban J connectivity index is 2.01. The van der Waals surface area contributed by atoms with Crippen LogP contribution in [0.2, 0.25) is 0 Å². The molecule has 2 N–H and O–H groups in total. The predicted molar refractivity (Wildman–Crippen MR) is 69.8 cm³/mol. The zero-order chi connectivity index (χ0) is 14.7. The summed E-state index contributed by atoms with van der Waals surface area (Å²) in [6, 6.07) is -0.702. The molecule has 20 heavy (non-hydrogen) atoms. The lowest BCUT2D eigenvalue weighted by Gasteiger charge is -2.21. The maximum atomic E-state index is 11.9. The second-order valence-corrected chi connectivity index (χ2v) is 4.96. The number of rotatable bonds is 3. The van der Waals surface area contributed by atoms with Crippen molar-refractivity contribution in [2.75, 3.05) is 0 Å². The van der Waals surface area contributed by atoms with E-state index in [0.717, 1.165) is 5.69 Å². The topological polar surface area (TPSA) is 101 Å². The highest BCUT2D eigenvalue weighted by Gasteiger charge is 2.28. The summed E-state index contributed by atoms with van der Waals surface area (Å²) in [5.41, 5.74) is 0.946. The minimum atomic E-state index is -0.702. The number of carbonyl (C=O) groups is 3. The van der Waals surface area contributed by atoms with Gasteiger partial charge < -0.3 is 5.32 Å². The Kier molecular flexibility index (Phi) is 4.07. The molecule has 1 aromatic heterocycles. The number of nitrogens with zero attached hydrogens (tertiary/aromatic N) is 2. The van der Waals surface area contributed by atoms with Gasteiger partial charge in [-0.2, -0.15) is 0 Å². The second kappa shape index (κ2) is 5.77. The fraction of sp³-hybridized carbons (Fsp3) is 0.462. The van der Waals surface area contributed by atoms with Crippen molar-refractivity contribution in [3.63, 3.8) is 0 Å². The van der Waals surface area contributed by atoms with Gasteiger partial charge in [0.25, 0.3) is 5.91 Å². The average molecular weight is 276 g/mol. The van der Waals surface area contributed by atoms with Gasteiger partial charge in [0.05, 0.1) is 11.9 Å². The largest absolute Gasteiger partial charge is 0.339 e. The third kappa shape index (κ3) is 3.17. The highest BCUT2D eigenvalue weighted by atomic mass is 16.2. The van der Waals surface area contributed by atoms with Crippen molar-refractivity contribution in [3.05, 3.63) is 23.8 Å². The van der Waals surface area contributed by atoms with Gasteiger partial charge in [0.1, 0.15) is 11.7 Å². The Bertz CT molecular complexity index is 539. The van der Waals surface area contributed by atoms with E-state index < -0.39 is 17.9 Å². The molecule has 0 bridgehead atoms. The lowest BCUT2D eigenvalue weighted by atomic mass is 10.1. The Labute approximate surface area is 116 Å². The van der Waals surface area contributed by atoms with Crippen LogP contribution in [-0.4, -0.2) is 33.7 Å². The van der Waals surface area contributed by atoms with Gasteiger partial charge in [-0.05, 0) is 12.3 Å². The summed E-state index contributed by atoms with van der Waals surface area (Å²) < 4.78 is 0. The number of aromatic nitrogens is 2. The molecule has 106 valence electrons. The molecule has 0 saturated carbocycles. The highest BCUT2D eigenvalue weighted by molar-refractivity contribution is 6.03. The van der Waals surface area contributed by atoms with Gasteiger partial charge in [-0.3, -0.25) is 24.7 Å². The van der Waals surface area contributed by atoms with E-state index in [1.54, 1.807) is 6.20 Å². The van der Waals surface area contributed by atoms with Gasteiger partial charge in [-0.15, -0.1) is 0 Å². The first kappa shape index (κ1) is 14.1. The van der Waals surface area contributed by atoms with E-state index in [1.165, 1.54) is 6.20 Å². The minimum absolute atomic E-state index is 0.152. The number of nitrogens with one attached hydrogen (secondary N) is 2. The summed E-state index contributed by atoms with van der Waals surface area (Å²) in [4.78, 5) is 42.7. The third-order valence-corrected chi connectivity index (χ3v) is 3.04. The molecule has 1 aromatic rings. The number of piperidine rings is 1. The smallest absolute Gasteiger partial charge is 0.272 e. The van der Waals surface area contributed by atoms with Gasteiger partial charge in [-0.25, -0.2) is 4.98 Å². The summed E-state index contributed by atoms with van der Waals surface area (Å²) in [5, 5.41) is 4.73. The van der Waals surface area contributed by atoms with Crippen LogP contribution in [0.25, 0.3) is 0 Å². The predicted octanol–water partition coefficient (Wildman–Crippen LogP) is 0.135. The van der Waals surface area contributed by atoms with Crippen LogP contribution in [0.3, 0.4) is 0 Å². The van der Waals surface area contributed by atoms with Crippen molar-refractivity contribution in [2.24, 2.45) is 0 Å². The second-order valence-electron chi connectivity index (χ2n) is 4.96. The van der Waals surface area contributed by atoms with Crippen molar-refractivity contribution >= 4 is 17.7 Å². The molecule has 2 heterocycles.